The number of nitrogens with one attached hydrogen (secondary N) is 2. The van der Waals surface area contributed by atoms with Crippen LogP contribution in [0.4, 0.5) is 0 Å². The van der Waals surface area contributed by atoms with Gasteiger partial charge in [-0.3, -0.25) is 4.79 Å². The van der Waals surface area contributed by atoms with E-state index in [4.69, 9.17) is 0 Å². The molecular weight excluding hydrogens is 220 g/mol. The Kier molecular flexibility index (Phi) is 4.53. The van der Waals surface area contributed by atoms with E-state index >= 15 is 0 Å². The monoisotopic (exact) mass is 242 g/mol. The van der Waals surface area contributed by atoms with Crippen molar-refractivity contribution in [2.75, 3.05) is 25.1 Å². The van der Waals surface area contributed by atoms with Crippen molar-refractivity contribution >= 4 is 17.7 Å². The van der Waals surface area contributed by atoms with Crippen molar-refractivity contribution in [1.82, 2.24) is 10.6 Å². The van der Waals surface area contributed by atoms with Gasteiger partial charge in [0, 0.05) is 6.54 Å². The summed E-state index contributed by atoms with van der Waals surface area (Å²) >= 11 is 1.83. The molecule has 3 unspecified atom stereocenters. The molecule has 2 fully saturated rings. The highest BCUT2D eigenvalue weighted by Crippen LogP contribution is 2.37. The van der Waals surface area contributed by atoms with Gasteiger partial charge in [-0.05, 0) is 49.7 Å². The van der Waals surface area contributed by atoms with Gasteiger partial charge >= 0.3 is 0 Å². The lowest BCUT2D eigenvalue weighted by atomic mass is 9.94. The molecule has 1 aliphatic heterocycles. The summed E-state index contributed by atoms with van der Waals surface area (Å²) in [6, 6.07) is 0.0989. The van der Waals surface area contributed by atoms with Crippen LogP contribution in [0.1, 0.15) is 25.7 Å². The van der Waals surface area contributed by atoms with E-state index in [2.05, 4.69) is 16.9 Å². The maximum Gasteiger partial charge on any atom is 0.237 e. The van der Waals surface area contributed by atoms with Gasteiger partial charge in [0.2, 0.25) is 5.91 Å². The molecule has 1 amide bonds. The van der Waals surface area contributed by atoms with Gasteiger partial charge in [-0.25, -0.2) is 0 Å². The first-order chi connectivity index (χ1) is 7.83. The van der Waals surface area contributed by atoms with Crippen LogP contribution in [0.5, 0.6) is 0 Å². The van der Waals surface area contributed by atoms with Crippen molar-refractivity contribution in [3.05, 3.63) is 0 Å². The van der Waals surface area contributed by atoms with Crippen LogP contribution >= 0.6 is 11.8 Å². The molecule has 2 rings (SSSR count). The fourth-order valence-electron chi connectivity index (χ4n) is 3.01. The molecule has 4 heteroatoms. The lowest BCUT2D eigenvalue weighted by molar-refractivity contribution is -0.123. The maximum absolute atomic E-state index is 12.0. The van der Waals surface area contributed by atoms with Crippen LogP contribution in [0, 0.1) is 11.8 Å². The molecule has 1 aliphatic carbocycles. The second kappa shape index (κ2) is 5.92. The first-order valence-electron chi connectivity index (χ1n) is 6.33. The molecule has 3 nitrogen and oxygen atoms in total. The number of amides is 1. The Morgan fingerprint density at radius 1 is 1.50 bits per heavy atom. The molecule has 0 aromatic carbocycles. The Bertz CT molecular complexity index is 247. The topological polar surface area (TPSA) is 41.1 Å². The molecule has 3 atom stereocenters. The third kappa shape index (κ3) is 2.72. The van der Waals surface area contributed by atoms with Crippen LogP contribution < -0.4 is 10.6 Å². The Balaban J connectivity index is 1.72. The fourth-order valence-corrected chi connectivity index (χ4v) is 3.45. The number of thioether (sulfide) groups is 1. The quantitative estimate of drug-likeness (QED) is 0.713. The molecule has 0 radical (unpaired) electrons. The van der Waals surface area contributed by atoms with E-state index in [1.54, 1.807) is 0 Å². The number of hydrogen-bond donors (Lipinski definition) is 2. The Morgan fingerprint density at radius 2 is 2.38 bits per heavy atom. The average molecular weight is 242 g/mol. The summed E-state index contributed by atoms with van der Waals surface area (Å²) in [7, 11) is 0. The van der Waals surface area contributed by atoms with Gasteiger partial charge in [0.1, 0.15) is 0 Å². The predicted molar refractivity (Wildman–Crippen MR) is 68.6 cm³/mol. The van der Waals surface area contributed by atoms with E-state index in [9.17, 15) is 4.79 Å². The molecule has 1 heterocycles. The minimum atomic E-state index is 0.0989. The molecular formula is C12H22N2OS. The lowest BCUT2D eigenvalue weighted by Crippen LogP contribution is -2.44. The standard InChI is InChI=1S/C12H22N2OS/c1-16-7-3-6-13-12(15)11-10-5-2-4-9(10)8-14-11/h9-11,14H,2-8H2,1H3,(H,13,15). The van der Waals surface area contributed by atoms with Crippen LogP contribution in [0.3, 0.4) is 0 Å². The lowest BCUT2D eigenvalue weighted by Gasteiger charge is -2.17. The maximum atomic E-state index is 12.0. The van der Waals surface area contributed by atoms with Crippen LogP contribution in [-0.2, 0) is 4.79 Å². The van der Waals surface area contributed by atoms with E-state index < -0.39 is 0 Å². The van der Waals surface area contributed by atoms with E-state index in [-0.39, 0.29) is 11.9 Å². The molecule has 2 N–H and O–H groups in total. The second-order valence-corrected chi connectivity index (χ2v) is 5.86. The zero-order chi connectivity index (χ0) is 11.4. The number of hydrogen-bond acceptors (Lipinski definition) is 3. The molecule has 2 aliphatic rings. The minimum absolute atomic E-state index is 0.0989. The summed E-state index contributed by atoms with van der Waals surface area (Å²) in [6.07, 6.45) is 7.04. The molecule has 0 bridgehead atoms. The summed E-state index contributed by atoms with van der Waals surface area (Å²) < 4.78 is 0. The Morgan fingerprint density at radius 3 is 3.19 bits per heavy atom. The summed E-state index contributed by atoms with van der Waals surface area (Å²) in [5, 5.41) is 6.44. The second-order valence-electron chi connectivity index (χ2n) is 4.88. The van der Waals surface area contributed by atoms with Gasteiger partial charge in [-0.1, -0.05) is 6.42 Å². The van der Waals surface area contributed by atoms with E-state index in [1.807, 2.05) is 11.8 Å². The Hall–Kier alpha value is -0.220. The van der Waals surface area contributed by atoms with Crippen molar-refractivity contribution in [3.8, 4) is 0 Å². The number of carbonyl (C=O) groups excluding carboxylic acids is 1. The van der Waals surface area contributed by atoms with Crippen molar-refractivity contribution in [2.45, 2.75) is 31.7 Å². The van der Waals surface area contributed by atoms with Crippen LogP contribution in [0.2, 0.25) is 0 Å². The normalized spacial score (nSPS) is 32.7. The molecule has 0 aromatic heterocycles. The third-order valence-corrected chi connectivity index (χ3v) is 4.55. The summed E-state index contributed by atoms with van der Waals surface area (Å²) in [5.41, 5.74) is 0. The van der Waals surface area contributed by atoms with Crippen LogP contribution in [-0.4, -0.2) is 37.0 Å². The summed E-state index contributed by atoms with van der Waals surface area (Å²) in [6.45, 7) is 1.88. The van der Waals surface area contributed by atoms with Gasteiger partial charge in [0.15, 0.2) is 0 Å². The molecule has 92 valence electrons. The van der Waals surface area contributed by atoms with Gasteiger partial charge in [-0.2, -0.15) is 11.8 Å². The number of fused-ring (bicyclic) bond motifs is 1. The van der Waals surface area contributed by atoms with E-state index in [0.29, 0.717) is 5.92 Å². The fraction of sp³-hybridized carbons (Fsp3) is 0.917. The number of carbonyl (C=O) groups is 1. The first-order valence-corrected chi connectivity index (χ1v) is 7.72. The molecule has 16 heavy (non-hydrogen) atoms. The van der Waals surface area contributed by atoms with Crippen LogP contribution in [0.15, 0.2) is 0 Å². The van der Waals surface area contributed by atoms with Crippen LogP contribution in [0.25, 0.3) is 0 Å². The first kappa shape index (κ1) is 12.2. The molecule has 1 saturated heterocycles. The molecule has 1 saturated carbocycles. The SMILES string of the molecule is CSCCCNC(=O)C1NCC2CCCC21. The van der Waals surface area contributed by atoms with Crippen molar-refractivity contribution < 1.29 is 4.79 Å². The zero-order valence-corrected chi connectivity index (χ0v) is 10.8. The highest BCUT2D eigenvalue weighted by atomic mass is 32.2. The number of rotatable bonds is 5. The molecule has 0 spiro atoms. The largest absolute Gasteiger partial charge is 0.355 e. The highest BCUT2D eigenvalue weighted by Gasteiger charge is 2.42. The van der Waals surface area contributed by atoms with Crippen molar-refractivity contribution in [2.24, 2.45) is 11.8 Å². The van der Waals surface area contributed by atoms with Crippen molar-refractivity contribution in [1.29, 1.82) is 0 Å². The van der Waals surface area contributed by atoms with E-state index in [0.717, 1.165) is 31.2 Å². The van der Waals surface area contributed by atoms with Gasteiger partial charge in [-0.15, -0.1) is 0 Å². The Labute approximate surface area is 102 Å². The van der Waals surface area contributed by atoms with Crippen molar-refractivity contribution in [3.63, 3.8) is 0 Å². The highest BCUT2D eigenvalue weighted by molar-refractivity contribution is 7.98. The van der Waals surface area contributed by atoms with Gasteiger partial charge < -0.3 is 10.6 Å². The third-order valence-electron chi connectivity index (χ3n) is 3.85. The van der Waals surface area contributed by atoms with Gasteiger partial charge in [0.05, 0.1) is 6.04 Å². The van der Waals surface area contributed by atoms with E-state index in [1.165, 1.54) is 19.3 Å². The summed E-state index contributed by atoms with van der Waals surface area (Å²) in [5.74, 6) is 2.74. The average Bonchev–Trinajstić information content (AvgIpc) is 2.85. The molecule has 0 aromatic rings. The zero-order valence-electron chi connectivity index (χ0n) is 10.00. The smallest absolute Gasteiger partial charge is 0.237 e. The minimum Gasteiger partial charge on any atom is -0.355 e. The predicted octanol–water partition coefficient (Wildman–Crippen LogP) is 1.24. The van der Waals surface area contributed by atoms with Gasteiger partial charge in [0.25, 0.3) is 0 Å². The summed E-state index contributed by atoms with van der Waals surface area (Å²) in [4.78, 5) is 12.0.